The maximum absolute atomic E-state index is 12.8. The van der Waals surface area contributed by atoms with E-state index in [2.05, 4.69) is 40.7 Å². The number of hydrogen-bond acceptors (Lipinski definition) is 2. The average Bonchev–Trinajstić information content (AvgIpc) is 3.17. The molecule has 0 aliphatic heterocycles. The minimum atomic E-state index is -0.0812. The van der Waals surface area contributed by atoms with E-state index in [9.17, 15) is 4.79 Å². The third-order valence-electron chi connectivity index (χ3n) is 5.02. The van der Waals surface area contributed by atoms with Crippen molar-refractivity contribution < 1.29 is 4.79 Å². The van der Waals surface area contributed by atoms with Crippen LogP contribution in [-0.2, 0) is 12.8 Å². The largest absolute Gasteiger partial charge is 0.361 e. The van der Waals surface area contributed by atoms with Gasteiger partial charge in [-0.05, 0) is 67.3 Å². The van der Waals surface area contributed by atoms with Crippen LogP contribution in [0.1, 0.15) is 21.5 Å². The minimum absolute atomic E-state index is 0.0812. The van der Waals surface area contributed by atoms with Crippen molar-refractivity contribution >= 4 is 28.2 Å². The zero-order valence-electron chi connectivity index (χ0n) is 16.2. The molecule has 0 fully saturated rings. The SMILES string of the molecule is [CH2]Cc1ccc2[nH]cc(CCNC(=O)c3ccccc3Nc3ccccc3)c2c1. The first-order valence-corrected chi connectivity index (χ1v) is 9.82. The van der Waals surface area contributed by atoms with Gasteiger partial charge in [0, 0.05) is 29.3 Å². The first kappa shape index (κ1) is 18.8. The van der Waals surface area contributed by atoms with Gasteiger partial charge in [0.25, 0.3) is 5.91 Å². The minimum Gasteiger partial charge on any atom is -0.361 e. The molecule has 0 saturated heterocycles. The number of aromatic amines is 1. The van der Waals surface area contributed by atoms with Gasteiger partial charge in [0.2, 0.25) is 0 Å². The van der Waals surface area contributed by atoms with Crippen molar-refractivity contribution in [3.63, 3.8) is 0 Å². The van der Waals surface area contributed by atoms with Crippen LogP contribution in [0, 0.1) is 6.92 Å². The Kier molecular flexibility index (Phi) is 5.61. The summed E-state index contributed by atoms with van der Waals surface area (Å²) in [6, 6.07) is 23.8. The van der Waals surface area contributed by atoms with E-state index in [4.69, 9.17) is 0 Å². The summed E-state index contributed by atoms with van der Waals surface area (Å²) in [6.45, 7) is 4.53. The molecular formula is C25H24N3O. The predicted octanol–water partition coefficient (Wildman–Crippen LogP) is 5.26. The van der Waals surface area contributed by atoms with E-state index < -0.39 is 0 Å². The molecule has 0 aliphatic carbocycles. The van der Waals surface area contributed by atoms with Crippen LogP contribution in [0.2, 0.25) is 0 Å². The van der Waals surface area contributed by atoms with Crippen molar-refractivity contribution in [2.24, 2.45) is 0 Å². The monoisotopic (exact) mass is 382 g/mol. The van der Waals surface area contributed by atoms with Crippen LogP contribution < -0.4 is 10.6 Å². The highest BCUT2D eigenvalue weighted by Gasteiger charge is 2.11. The average molecular weight is 382 g/mol. The lowest BCUT2D eigenvalue weighted by atomic mass is 10.1. The lowest BCUT2D eigenvalue weighted by molar-refractivity contribution is 0.0955. The summed E-state index contributed by atoms with van der Waals surface area (Å²) >= 11 is 0. The van der Waals surface area contributed by atoms with Gasteiger partial charge in [-0.3, -0.25) is 4.79 Å². The number of fused-ring (bicyclic) bond motifs is 1. The van der Waals surface area contributed by atoms with Crippen LogP contribution >= 0.6 is 0 Å². The van der Waals surface area contributed by atoms with Crippen LogP contribution in [-0.4, -0.2) is 17.4 Å². The van der Waals surface area contributed by atoms with Gasteiger partial charge in [-0.2, -0.15) is 0 Å². The summed E-state index contributed by atoms with van der Waals surface area (Å²) in [5.41, 5.74) is 5.90. The number of carbonyl (C=O) groups is 1. The van der Waals surface area contributed by atoms with E-state index in [0.717, 1.165) is 29.7 Å². The maximum Gasteiger partial charge on any atom is 0.253 e. The van der Waals surface area contributed by atoms with Crippen molar-refractivity contribution in [3.05, 3.63) is 103 Å². The summed E-state index contributed by atoms with van der Waals surface area (Å²) in [7, 11) is 0. The summed E-state index contributed by atoms with van der Waals surface area (Å²) in [5.74, 6) is -0.0812. The maximum atomic E-state index is 12.8. The standard InChI is InChI=1S/C25H24N3O/c1-2-18-12-13-23-22(16-18)19(17-27-23)14-15-26-25(29)21-10-6-7-11-24(21)28-20-8-4-3-5-9-20/h3-13,16-17,27-28H,1-2,14-15H2,(H,26,29). The number of amides is 1. The van der Waals surface area contributed by atoms with E-state index in [-0.39, 0.29) is 5.91 Å². The first-order valence-electron chi connectivity index (χ1n) is 9.82. The Hall–Kier alpha value is -3.53. The van der Waals surface area contributed by atoms with Crippen molar-refractivity contribution in [2.45, 2.75) is 12.8 Å². The van der Waals surface area contributed by atoms with Gasteiger partial charge in [0.1, 0.15) is 0 Å². The second kappa shape index (κ2) is 8.65. The Morgan fingerprint density at radius 2 is 1.76 bits per heavy atom. The zero-order valence-corrected chi connectivity index (χ0v) is 16.2. The van der Waals surface area contributed by atoms with Crippen LogP contribution in [0.15, 0.2) is 79.0 Å². The Balaban J connectivity index is 1.43. The van der Waals surface area contributed by atoms with Crippen LogP contribution in [0.4, 0.5) is 11.4 Å². The predicted molar refractivity (Wildman–Crippen MR) is 120 cm³/mol. The summed E-state index contributed by atoms with van der Waals surface area (Å²) in [4.78, 5) is 16.1. The highest BCUT2D eigenvalue weighted by atomic mass is 16.1. The third-order valence-corrected chi connectivity index (χ3v) is 5.02. The fourth-order valence-corrected chi connectivity index (χ4v) is 3.46. The highest BCUT2D eigenvalue weighted by Crippen LogP contribution is 2.22. The van der Waals surface area contributed by atoms with E-state index in [0.29, 0.717) is 12.1 Å². The molecule has 3 N–H and O–H groups in total. The number of H-pyrrole nitrogens is 1. The lowest BCUT2D eigenvalue weighted by Gasteiger charge is -2.12. The quantitative estimate of drug-likeness (QED) is 0.408. The number of nitrogens with one attached hydrogen (secondary N) is 3. The second-order valence-electron chi connectivity index (χ2n) is 6.99. The second-order valence-corrected chi connectivity index (χ2v) is 6.99. The number of aromatic nitrogens is 1. The molecule has 0 atom stereocenters. The highest BCUT2D eigenvalue weighted by molar-refractivity contribution is 6.00. The number of anilines is 2. The van der Waals surface area contributed by atoms with Gasteiger partial charge < -0.3 is 15.6 Å². The number of hydrogen-bond donors (Lipinski definition) is 3. The van der Waals surface area contributed by atoms with E-state index in [1.165, 1.54) is 16.5 Å². The van der Waals surface area contributed by atoms with Crippen LogP contribution in [0.5, 0.6) is 0 Å². The molecule has 4 aromatic rings. The molecule has 1 aromatic heterocycles. The molecule has 29 heavy (non-hydrogen) atoms. The summed E-state index contributed by atoms with van der Waals surface area (Å²) in [6.07, 6.45) is 3.55. The van der Waals surface area contributed by atoms with Gasteiger partial charge in [0.15, 0.2) is 0 Å². The topological polar surface area (TPSA) is 56.9 Å². The molecular weight excluding hydrogens is 358 g/mol. The molecule has 4 rings (SSSR count). The molecule has 0 saturated carbocycles. The molecule has 0 spiro atoms. The first-order chi connectivity index (χ1) is 14.2. The van der Waals surface area contributed by atoms with Gasteiger partial charge in [-0.15, -0.1) is 0 Å². The number of benzene rings is 3. The van der Waals surface area contributed by atoms with E-state index in [1.54, 1.807) is 0 Å². The molecule has 4 heteroatoms. The van der Waals surface area contributed by atoms with Gasteiger partial charge in [-0.1, -0.05) is 36.4 Å². The van der Waals surface area contributed by atoms with Crippen molar-refractivity contribution in [1.29, 1.82) is 0 Å². The van der Waals surface area contributed by atoms with Gasteiger partial charge >= 0.3 is 0 Å². The fraction of sp³-hybridized carbons (Fsp3) is 0.120. The molecule has 1 amide bonds. The molecule has 1 radical (unpaired) electrons. The Morgan fingerprint density at radius 3 is 2.59 bits per heavy atom. The van der Waals surface area contributed by atoms with Crippen LogP contribution in [0.25, 0.3) is 10.9 Å². The van der Waals surface area contributed by atoms with E-state index in [1.807, 2.05) is 60.8 Å². The molecule has 1 heterocycles. The smallest absolute Gasteiger partial charge is 0.253 e. The Labute approximate surface area is 171 Å². The summed E-state index contributed by atoms with van der Waals surface area (Å²) < 4.78 is 0. The lowest BCUT2D eigenvalue weighted by Crippen LogP contribution is -2.26. The van der Waals surface area contributed by atoms with Crippen molar-refractivity contribution in [3.8, 4) is 0 Å². The molecule has 4 nitrogen and oxygen atoms in total. The van der Waals surface area contributed by atoms with Gasteiger partial charge in [0.05, 0.1) is 11.3 Å². The Morgan fingerprint density at radius 1 is 0.966 bits per heavy atom. The number of rotatable bonds is 7. The normalized spacial score (nSPS) is 10.8. The molecule has 0 aliphatic rings. The molecule has 0 unspecified atom stereocenters. The molecule has 145 valence electrons. The number of carbonyl (C=O) groups excluding carboxylic acids is 1. The Bertz CT molecular complexity index is 1120. The van der Waals surface area contributed by atoms with Crippen molar-refractivity contribution in [2.75, 3.05) is 11.9 Å². The number of para-hydroxylation sites is 2. The zero-order chi connectivity index (χ0) is 20.1. The fourth-order valence-electron chi connectivity index (χ4n) is 3.46. The van der Waals surface area contributed by atoms with Gasteiger partial charge in [-0.25, -0.2) is 0 Å². The third kappa shape index (κ3) is 4.32. The summed E-state index contributed by atoms with van der Waals surface area (Å²) in [5, 5.41) is 7.57. The molecule has 3 aromatic carbocycles. The molecule has 0 bridgehead atoms. The van der Waals surface area contributed by atoms with E-state index >= 15 is 0 Å². The van der Waals surface area contributed by atoms with Crippen molar-refractivity contribution in [1.82, 2.24) is 10.3 Å². The van der Waals surface area contributed by atoms with Crippen LogP contribution in [0.3, 0.4) is 0 Å².